The summed E-state index contributed by atoms with van der Waals surface area (Å²) < 4.78 is 29.3. The molecule has 0 saturated heterocycles. The minimum absolute atomic E-state index is 0.150. The predicted molar refractivity (Wildman–Crippen MR) is 121 cm³/mol. The van der Waals surface area contributed by atoms with Gasteiger partial charge in [0.15, 0.2) is 5.03 Å². The number of anilines is 1. The lowest BCUT2D eigenvalue weighted by Gasteiger charge is -2.25. The van der Waals surface area contributed by atoms with Crippen LogP contribution in [0.5, 0.6) is 0 Å². The van der Waals surface area contributed by atoms with Crippen molar-refractivity contribution < 1.29 is 13.2 Å². The number of urea groups is 1. The first kappa shape index (κ1) is 20.7. The minimum atomic E-state index is -4.08. The number of rotatable bonds is 5. The normalized spacial score (nSPS) is 15.8. The molecule has 32 heavy (non-hydrogen) atoms. The summed E-state index contributed by atoms with van der Waals surface area (Å²) in [6.45, 7) is 1.91. The van der Waals surface area contributed by atoms with E-state index < -0.39 is 16.1 Å². The molecular formula is C23H25N5O3S. The van der Waals surface area contributed by atoms with Crippen molar-refractivity contribution in [1.29, 1.82) is 0 Å². The second-order valence-corrected chi connectivity index (χ2v) is 10.1. The van der Waals surface area contributed by atoms with Gasteiger partial charge in [-0.05, 0) is 80.3 Å². The molecule has 0 radical (unpaired) electrons. The highest BCUT2D eigenvalue weighted by molar-refractivity contribution is 7.90. The van der Waals surface area contributed by atoms with Crippen molar-refractivity contribution in [2.24, 2.45) is 0 Å². The molecule has 166 valence electrons. The average molecular weight is 452 g/mol. The molecule has 0 bridgehead atoms. The zero-order chi connectivity index (χ0) is 22.3. The number of aryl methyl sites for hydroxylation is 2. The Morgan fingerprint density at radius 2 is 1.97 bits per heavy atom. The molecule has 0 aliphatic heterocycles. The first-order valence-electron chi connectivity index (χ1n) is 10.9. The van der Waals surface area contributed by atoms with Gasteiger partial charge in [-0.1, -0.05) is 12.1 Å². The molecule has 9 heteroatoms. The number of fused-ring (bicyclic) bond motifs is 1. The average Bonchev–Trinajstić information content (AvgIpc) is 3.36. The second kappa shape index (κ2) is 8.05. The number of sulfonamides is 1. The zero-order valence-corrected chi connectivity index (χ0v) is 18.7. The monoisotopic (exact) mass is 451 g/mol. The van der Waals surface area contributed by atoms with Crippen LogP contribution in [-0.2, 0) is 22.9 Å². The van der Waals surface area contributed by atoms with Gasteiger partial charge in [0.05, 0.1) is 11.7 Å². The van der Waals surface area contributed by atoms with E-state index in [0.717, 1.165) is 60.9 Å². The Bertz CT molecular complexity index is 1290. The third-order valence-electron chi connectivity index (χ3n) is 6.26. The number of aromatic nitrogens is 3. The van der Waals surface area contributed by atoms with Crippen LogP contribution in [-0.4, -0.2) is 29.2 Å². The number of carbonyl (C=O) groups excluding carboxylic acids is 1. The number of nitrogens with zero attached hydrogens (tertiary/aromatic N) is 3. The van der Waals surface area contributed by atoms with Crippen LogP contribution in [0.3, 0.4) is 0 Å². The van der Waals surface area contributed by atoms with Crippen LogP contribution in [0.25, 0.3) is 11.1 Å². The van der Waals surface area contributed by atoms with Gasteiger partial charge in [0.2, 0.25) is 0 Å². The Kier molecular flexibility index (Phi) is 5.21. The van der Waals surface area contributed by atoms with Crippen LogP contribution in [0.15, 0.2) is 47.8 Å². The lowest BCUT2D eigenvalue weighted by molar-refractivity contribution is 0.256. The second-order valence-electron chi connectivity index (χ2n) is 8.44. The largest absolute Gasteiger partial charge is 0.333 e. The molecule has 1 saturated carbocycles. The van der Waals surface area contributed by atoms with Gasteiger partial charge in [-0.2, -0.15) is 13.5 Å². The number of pyridine rings is 1. The highest BCUT2D eigenvalue weighted by Gasteiger charge is 2.26. The van der Waals surface area contributed by atoms with Gasteiger partial charge >= 0.3 is 6.03 Å². The number of hydrogen-bond acceptors (Lipinski definition) is 5. The number of carbonyl (C=O) groups is 1. The smallest absolute Gasteiger partial charge is 0.306 e. The van der Waals surface area contributed by atoms with Crippen molar-refractivity contribution in [2.45, 2.75) is 56.5 Å². The number of nitrogens with one attached hydrogen (secondary N) is 2. The highest BCUT2D eigenvalue weighted by atomic mass is 32.2. The summed E-state index contributed by atoms with van der Waals surface area (Å²) >= 11 is 0. The van der Waals surface area contributed by atoms with Crippen molar-refractivity contribution in [3.05, 3.63) is 59.5 Å². The summed E-state index contributed by atoms with van der Waals surface area (Å²) in [5, 5.41) is 6.85. The van der Waals surface area contributed by atoms with Crippen molar-refractivity contribution >= 4 is 21.7 Å². The van der Waals surface area contributed by atoms with Crippen LogP contribution >= 0.6 is 0 Å². The van der Waals surface area contributed by atoms with Crippen LogP contribution in [0.4, 0.5) is 10.5 Å². The van der Waals surface area contributed by atoms with Crippen molar-refractivity contribution in [3.63, 3.8) is 0 Å². The summed E-state index contributed by atoms with van der Waals surface area (Å²) in [4.78, 5) is 17.1. The first-order valence-corrected chi connectivity index (χ1v) is 12.4. The molecule has 3 aromatic rings. The third kappa shape index (κ3) is 3.88. The molecule has 2 heterocycles. The molecule has 1 aromatic carbocycles. The van der Waals surface area contributed by atoms with E-state index in [1.54, 1.807) is 17.1 Å². The fourth-order valence-electron chi connectivity index (χ4n) is 4.39. The summed E-state index contributed by atoms with van der Waals surface area (Å²) in [7, 11) is -4.08. The van der Waals surface area contributed by atoms with Crippen LogP contribution in [0.1, 0.15) is 48.5 Å². The van der Waals surface area contributed by atoms with Crippen LogP contribution < -0.4 is 10.0 Å². The molecular weight excluding hydrogens is 426 g/mol. The lowest BCUT2D eigenvalue weighted by Crippen LogP contribution is -2.35. The van der Waals surface area contributed by atoms with Crippen molar-refractivity contribution in [2.75, 3.05) is 5.32 Å². The molecule has 1 fully saturated rings. The maximum atomic E-state index is 12.8. The minimum Gasteiger partial charge on any atom is -0.306 e. The molecule has 8 nitrogen and oxygen atoms in total. The predicted octanol–water partition coefficient (Wildman–Crippen LogP) is 3.98. The molecule has 0 atom stereocenters. The van der Waals surface area contributed by atoms with Gasteiger partial charge in [0, 0.05) is 23.7 Å². The summed E-state index contributed by atoms with van der Waals surface area (Å²) in [5.41, 5.74) is 5.51. The highest BCUT2D eigenvalue weighted by Crippen LogP contribution is 2.37. The van der Waals surface area contributed by atoms with Gasteiger partial charge in [-0.3, -0.25) is 9.67 Å². The molecule has 2 amide bonds. The standard InChI is InChI=1S/C23H25N5O3S/c1-15-14-17(10-12-24-15)20-9-8-16-4-2-7-19(16)22(20)25-23(29)27-32(30,31)21-11-13-28(26-21)18-5-3-6-18/h8-14,18H,2-7H2,1H3,(H2,25,27,29). The van der Waals surface area contributed by atoms with E-state index in [9.17, 15) is 13.2 Å². The van der Waals surface area contributed by atoms with Gasteiger partial charge in [-0.25, -0.2) is 9.52 Å². The topological polar surface area (TPSA) is 106 Å². The SMILES string of the molecule is Cc1cc(-c2ccc3c(c2NC(=O)NS(=O)(=O)c2ccn(C4CCC4)n2)CCC3)ccn1. The van der Waals surface area contributed by atoms with Crippen molar-refractivity contribution in [3.8, 4) is 11.1 Å². The lowest BCUT2D eigenvalue weighted by atomic mass is 9.93. The van der Waals surface area contributed by atoms with Gasteiger partial charge in [0.1, 0.15) is 0 Å². The molecule has 2 N–H and O–H groups in total. The van der Waals surface area contributed by atoms with Gasteiger partial charge < -0.3 is 5.32 Å². The Hall–Kier alpha value is -3.20. The van der Waals surface area contributed by atoms with E-state index in [1.165, 1.54) is 11.6 Å². The van der Waals surface area contributed by atoms with E-state index in [0.29, 0.717) is 5.69 Å². The molecule has 0 unspecified atom stereocenters. The fraction of sp³-hybridized carbons (Fsp3) is 0.348. The zero-order valence-electron chi connectivity index (χ0n) is 17.8. The van der Waals surface area contributed by atoms with Crippen molar-refractivity contribution in [1.82, 2.24) is 19.5 Å². The van der Waals surface area contributed by atoms with Gasteiger partial charge in [-0.15, -0.1) is 0 Å². The molecule has 2 aromatic heterocycles. The maximum Gasteiger partial charge on any atom is 0.333 e. The summed E-state index contributed by atoms with van der Waals surface area (Å²) in [6, 6.07) is 8.77. The van der Waals surface area contributed by atoms with Crippen LogP contribution in [0.2, 0.25) is 0 Å². The van der Waals surface area contributed by atoms with Gasteiger partial charge in [0.25, 0.3) is 10.0 Å². The van der Waals surface area contributed by atoms with E-state index in [2.05, 4.69) is 26.2 Å². The molecule has 2 aliphatic carbocycles. The third-order valence-corrected chi connectivity index (χ3v) is 7.49. The Morgan fingerprint density at radius 3 is 2.72 bits per heavy atom. The summed E-state index contributed by atoms with van der Waals surface area (Å²) in [6.07, 6.45) is 9.26. The molecule has 0 spiro atoms. The number of hydrogen-bond donors (Lipinski definition) is 2. The maximum absolute atomic E-state index is 12.8. The Balaban J connectivity index is 1.41. The van der Waals surface area contributed by atoms with E-state index in [-0.39, 0.29) is 11.1 Å². The van der Waals surface area contributed by atoms with E-state index in [4.69, 9.17) is 0 Å². The Labute approximate surface area is 187 Å². The Morgan fingerprint density at radius 1 is 1.12 bits per heavy atom. The van der Waals surface area contributed by atoms with E-state index in [1.807, 2.05) is 25.1 Å². The number of benzene rings is 1. The molecule has 2 aliphatic rings. The first-order chi connectivity index (χ1) is 15.4. The quantitative estimate of drug-likeness (QED) is 0.610. The fourth-order valence-corrected chi connectivity index (χ4v) is 5.24. The number of amides is 2. The molecule has 5 rings (SSSR count). The summed E-state index contributed by atoms with van der Waals surface area (Å²) in [5.74, 6) is 0. The van der Waals surface area contributed by atoms with E-state index >= 15 is 0 Å². The van der Waals surface area contributed by atoms with Crippen LogP contribution in [0, 0.1) is 6.92 Å².